The molecule has 134 valence electrons. The summed E-state index contributed by atoms with van der Waals surface area (Å²) in [7, 11) is 0. The molecule has 6 heteroatoms. The number of hydrogen-bond acceptors (Lipinski definition) is 4. The Morgan fingerprint density at radius 2 is 2.00 bits per heavy atom. The Labute approximate surface area is 148 Å². The molecule has 2 aliphatic rings. The van der Waals surface area contributed by atoms with Gasteiger partial charge in [0.1, 0.15) is 5.82 Å². The van der Waals surface area contributed by atoms with Crippen LogP contribution in [-0.4, -0.2) is 65.9 Å². The first-order valence-corrected chi connectivity index (χ1v) is 8.88. The smallest absolute Gasteiger partial charge is 0.219 e. The maximum absolute atomic E-state index is 14.1. The van der Waals surface area contributed by atoms with Gasteiger partial charge in [-0.1, -0.05) is 13.0 Å². The second kappa shape index (κ2) is 7.51. The number of benzene rings is 1. The summed E-state index contributed by atoms with van der Waals surface area (Å²) in [6, 6.07) is 7.13. The van der Waals surface area contributed by atoms with Crippen LogP contribution in [0, 0.1) is 23.1 Å². The average molecular weight is 344 g/mol. The van der Waals surface area contributed by atoms with Crippen molar-refractivity contribution in [3.05, 3.63) is 35.1 Å². The number of nitriles is 1. The maximum Gasteiger partial charge on any atom is 0.219 e. The van der Waals surface area contributed by atoms with Crippen LogP contribution in [0.15, 0.2) is 18.2 Å². The van der Waals surface area contributed by atoms with E-state index in [4.69, 9.17) is 5.26 Å². The van der Waals surface area contributed by atoms with Crippen LogP contribution in [0.3, 0.4) is 0 Å². The standard InChI is InChI=1S/C19H25FN4O/c1-14-11-22(12-17-4-3-16(10-21)9-18(17)20)13-19(14)24-7-5-23(6-8-24)15(2)25/h3-4,9,14,19H,5-8,11-13H2,1-2H3/t14-,19-/m1/s1. The third-order valence-electron chi connectivity index (χ3n) is 5.45. The van der Waals surface area contributed by atoms with E-state index in [1.165, 1.54) is 6.07 Å². The molecule has 0 spiro atoms. The quantitative estimate of drug-likeness (QED) is 0.837. The van der Waals surface area contributed by atoms with Crippen molar-refractivity contribution in [3.8, 4) is 6.07 Å². The molecule has 0 bridgehead atoms. The Bertz CT molecular complexity index is 678. The lowest BCUT2D eigenvalue weighted by molar-refractivity contribution is -0.130. The lowest BCUT2D eigenvalue weighted by atomic mass is 10.0. The fourth-order valence-electron chi connectivity index (χ4n) is 4.01. The van der Waals surface area contributed by atoms with Gasteiger partial charge in [0.15, 0.2) is 0 Å². The SMILES string of the molecule is CC(=O)N1CCN([C@@H]2CN(Cc3ccc(C#N)cc3F)C[C@H]2C)CC1. The second-order valence-corrected chi connectivity index (χ2v) is 7.20. The summed E-state index contributed by atoms with van der Waals surface area (Å²) in [5.41, 5.74) is 1.01. The largest absolute Gasteiger partial charge is 0.340 e. The van der Waals surface area contributed by atoms with E-state index in [0.29, 0.717) is 29.6 Å². The molecule has 0 aliphatic carbocycles. The topological polar surface area (TPSA) is 50.6 Å². The average Bonchev–Trinajstić information content (AvgIpc) is 2.97. The molecule has 0 aromatic heterocycles. The number of halogens is 1. The summed E-state index contributed by atoms with van der Waals surface area (Å²) >= 11 is 0. The molecule has 2 saturated heterocycles. The van der Waals surface area contributed by atoms with Crippen LogP contribution in [-0.2, 0) is 11.3 Å². The van der Waals surface area contributed by atoms with Crippen molar-refractivity contribution in [2.75, 3.05) is 39.3 Å². The molecule has 2 heterocycles. The second-order valence-electron chi connectivity index (χ2n) is 7.20. The van der Waals surface area contributed by atoms with Gasteiger partial charge in [-0.15, -0.1) is 0 Å². The molecule has 0 saturated carbocycles. The van der Waals surface area contributed by atoms with Crippen molar-refractivity contribution in [1.29, 1.82) is 5.26 Å². The van der Waals surface area contributed by atoms with Gasteiger partial charge in [0, 0.05) is 64.3 Å². The first kappa shape index (κ1) is 17.8. The molecule has 0 radical (unpaired) electrons. The third kappa shape index (κ3) is 4.00. The van der Waals surface area contributed by atoms with E-state index >= 15 is 0 Å². The fourth-order valence-corrected chi connectivity index (χ4v) is 4.01. The van der Waals surface area contributed by atoms with Crippen molar-refractivity contribution in [2.24, 2.45) is 5.92 Å². The summed E-state index contributed by atoms with van der Waals surface area (Å²) in [5, 5.41) is 8.85. The van der Waals surface area contributed by atoms with Crippen molar-refractivity contribution in [2.45, 2.75) is 26.4 Å². The van der Waals surface area contributed by atoms with Gasteiger partial charge in [0.25, 0.3) is 0 Å². The van der Waals surface area contributed by atoms with E-state index in [1.807, 2.05) is 11.0 Å². The minimum atomic E-state index is -0.301. The molecule has 0 N–H and O–H groups in total. The van der Waals surface area contributed by atoms with E-state index < -0.39 is 0 Å². The van der Waals surface area contributed by atoms with Crippen LogP contribution in [0.2, 0.25) is 0 Å². The molecule has 3 rings (SSSR count). The molecule has 2 atom stereocenters. The Morgan fingerprint density at radius 3 is 2.60 bits per heavy atom. The number of carbonyl (C=O) groups is 1. The van der Waals surface area contributed by atoms with Gasteiger partial charge in [-0.05, 0) is 18.1 Å². The van der Waals surface area contributed by atoms with Crippen molar-refractivity contribution in [3.63, 3.8) is 0 Å². The Morgan fingerprint density at radius 1 is 1.28 bits per heavy atom. The summed E-state index contributed by atoms with van der Waals surface area (Å²) < 4.78 is 14.1. The van der Waals surface area contributed by atoms with Crippen LogP contribution < -0.4 is 0 Å². The van der Waals surface area contributed by atoms with Crippen molar-refractivity contribution < 1.29 is 9.18 Å². The van der Waals surface area contributed by atoms with Crippen molar-refractivity contribution in [1.82, 2.24) is 14.7 Å². The number of nitrogens with zero attached hydrogens (tertiary/aromatic N) is 4. The monoisotopic (exact) mass is 344 g/mol. The van der Waals surface area contributed by atoms with E-state index in [0.717, 1.165) is 39.3 Å². The number of amides is 1. The molecule has 1 aromatic carbocycles. The van der Waals surface area contributed by atoms with Gasteiger partial charge in [-0.25, -0.2) is 4.39 Å². The van der Waals surface area contributed by atoms with Gasteiger partial charge in [0.05, 0.1) is 11.6 Å². The summed E-state index contributed by atoms with van der Waals surface area (Å²) in [5.74, 6) is 0.368. The number of carbonyl (C=O) groups excluding carboxylic acids is 1. The maximum atomic E-state index is 14.1. The van der Waals surface area contributed by atoms with Gasteiger partial charge >= 0.3 is 0 Å². The summed E-state index contributed by atoms with van der Waals surface area (Å²) in [6.07, 6.45) is 0. The third-order valence-corrected chi connectivity index (χ3v) is 5.45. The minimum absolute atomic E-state index is 0.150. The Hall–Kier alpha value is -1.97. The van der Waals surface area contributed by atoms with Gasteiger partial charge in [-0.2, -0.15) is 5.26 Å². The first-order chi connectivity index (χ1) is 12.0. The number of likely N-dealkylation sites (tertiary alicyclic amines) is 1. The summed E-state index contributed by atoms with van der Waals surface area (Å²) in [4.78, 5) is 18.1. The van der Waals surface area contributed by atoms with Gasteiger partial charge in [0.2, 0.25) is 5.91 Å². The zero-order chi connectivity index (χ0) is 18.0. The van der Waals surface area contributed by atoms with Crippen LogP contribution in [0.4, 0.5) is 4.39 Å². The highest BCUT2D eigenvalue weighted by molar-refractivity contribution is 5.73. The van der Waals surface area contributed by atoms with Crippen LogP contribution in [0.5, 0.6) is 0 Å². The van der Waals surface area contributed by atoms with Gasteiger partial charge < -0.3 is 4.90 Å². The number of hydrogen-bond donors (Lipinski definition) is 0. The minimum Gasteiger partial charge on any atom is -0.340 e. The molecule has 2 aliphatic heterocycles. The normalized spacial score (nSPS) is 25.1. The van der Waals surface area contributed by atoms with Crippen LogP contribution in [0.25, 0.3) is 0 Å². The van der Waals surface area contributed by atoms with Crippen LogP contribution in [0.1, 0.15) is 25.0 Å². The molecule has 5 nitrogen and oxygen atoms in total. The predicted octanol–water partition coefficient (Wildman–Crippen LogP) is 1.68. The first-order valence-electron chi connectivity index (χ1n) is 8.88. The highest BCUT2D eigenvalue weighted by atomic mass is 19.1. The zero-order valence-electron chi connectivity index (χ0n) is 14.9. The van der Waals surface area contributed by atoms with E-state index in [2.05, 4.69) is 16.7 Å². The predicted molar refractivity (Wildman–Crippen MR) is 93.2 cm³/mol. The molecule has 2 fully saturated rings. The lowest BCUT2D eigenvalue weighted by Crippen LogP contribution is -2.53. The van der Waals surface area contributed by atoms with E-state index in [9.17, 15) is 9.18 Å². The lowest BCUT2D eigenvalue weighted by Gasteiger charge is -2.39. The number of piperazine rings is 1. The molecular weight excluding hydrogens is 319 g/mol. The number of rotatable bonds is 3. The Kier molecular flexibility index (Phi) is 5.36. The highest BCUT2D eigenvalue weighted by Gasteiger charge is 2.35. The zero-order valence-corrected chi connectivity index (χ0v) is 14.9. The van der Waals surface area contributed by atoms with Crippen LogP contribution >= 0.6 is 0 Å². The summed E-state index contributed by atoms with van der Waals surface area (Å²) in [6.45, 7) is 9.72. The van der Waals surface area contributed by atoms with Crippen molar-refractivity contribution >= 4 is 5.91 Å². The van der Waals surface area contributed by atoms with E-state index in [-0.39, 0.29) is 11.7 Å². The fraction of sp³-hybridized carbons (Fsp3) is 0.579. The van der Waals surface area contributed by atoms with Gasteiger partial charge in [-0.3, -0.25) is 14.6 Å². The molecular formula is C19H25FN4O. The molecule has 25 heavy (non-hydrogen) atoms. The Balaban J connectivity index is 1.59. The van der Waals surface area contributed by atoms with E-state index in [1.54, 1.807) is 19.1 Å². The molecule has 1 amide bonds. The highest BCUT2D eigenvalue weighted by Crippen LogP contribution is 2.25. The molecule has 1 aromatic rings. The molecule has 0 unspecified atom stereocenters.